The van der Waals surface area contributed by atoms with E-state index >= 15 is 0 Å². The Morgan fingerprint density at radius 1 is 1.57 bits per heavy atom. The van der Waals surface area contributed by atoms with Gasteiger partial charge < -0.3 is 11.1 Å². The van der Waals surface area contributed by atoms with Crippen LogP contribution in [-0.4, -0.2) is 21.2 Å². The number of amides is 1. The van der Waals surface area contributed by atoms with Gasteiger partial charge in [-0.2, -0.15) is 5.10 Å². The molecule has 0 spiro atoms. The molecule has 5 nitrogen and oxygen atoms in total. The number of anilines is 1. The van der Waals surface area contributed by atoms with Crippen LogP contribution in [0.1, 0.15) is 31.3 Å². The molecule has 0 atom stereocenters. The molecule has 78 valence electrons. The molecule has 0 aromatic carbocycles. The zero-order valence-electron chi connectivity index (χ0n) is 8.96. The molecule has 1 heterocycles. The molecule has 0 aliphatic heterocycles. The van der Waals surface area contributed by atoms with Gasteiger partial charge in [-0.05, 0) is 20.8 Å². The van der Waals surface area contributed by atoms with E-state index < -0.39 is 0 Å². The number of aryl methyl sites for hydroxylation is 1. The van der Waals surface area contributed by atoms with Crippen molar-refractivity contribution in [2.75, 3.05) is 5.73 Å². The van der Waals surface area contributed by atoms with Crippen LogP contribution >= 0.6 is 0 Å². The maximum Gasteiger partial charge on any atom is 0.274 e. The Balaban J connectivity index is 2.85. The van der Waals surface area contributed by atoms with Gasteiger partial charge in [-0.15, -0.1) is 0 Å². The van der Waals surface area contributed by atoms with Crippen LogP contribution in [0.3, 0.4) is 0 Å². The van der Waals surface area contributed by atoms with Gasteiger partial charge in [0.2, 0.25) is 0 Å². The molecule has 0 aliphatic rings. The van der Waals surface area contributed by atoms with E-state index in [2.05, 4.69) is 10.4 Å². The van der Waals surface area contributed by atoms with E-state index in [4.69, 9.17) is 5.73 Å². The molecule has 5 heteroatoms. The summed E-state index contributed by atoms with van der Waals surface area (Å²) in [6.07, 6.45) is 1.61. The van der Waals surface area contributed by atoms with Crippen LogP contribution in [0.5, 0.6) is 0 Å². The lowest BCUT2D eigenvalue weighted by molar-refractivity contribution is 0.0914. The van der Waals surface area contributed by atoms with Crippen LogP contribution in [0.25, 0.3) is 0 Å². The first-order valence-electron chi connectivity index (χ1n) is 4.41. The number of hydrogen-bond donors (Lipinski definition) is 2. The monoisotopic (exact) mass is 196 g/mol. The van der Waals surface area contributed by atoms with Crippen molar-refractivity contribution in [1.82, 2.24) is 15.1 Å². The van der Waals surface area contributed by atoms with E-state index in [1.165, 1.54) is 4.68 Å². The van der Waals surface area contributed by atoms with E-state index in [0.717, 1.165) is 0 Å². The second-order valence-electron chi connectivity index (χ2n) is 4.31. The van der Waals surface area contributed by atoms with Gasteiger partial charge in [-0.25, -0.2) is 0 Å². The molecule has 0 saturated heterocycles. The molecular weight excluding hydrogens is 180 g/mol. The van der Waals surface area contributed by atoms with Gasteiger partial charge in [0.1, 0.15) is 0 Å². The first kappa shape index (κ1) is 10.6. The molecule has 0 fully saturated rings. The molecule has 0 unspecified atom stereocenters. The Hall–Kier alpha value is -1.52. The third-order valence-corrected chi connectivity index (χ3v) is 1.56. The van der Waals surface area contributed by atoms with Gasteiger partial charge in [-0.1, -0.05) is 0 Å². The molecule has 1 rings (SSSR count). The van der Waals surface area contributed by atoms with Crippen molar-refractivity contribution in [2.24, 2.45) is 7.05 Å². The van der Waals surface area contributed by atoms with Crippen LogP contribution in [-0.2, 0) is 7.05 Å². The van der Waals surface area contributed by atoms with Gasteiger partial charge in [0.25, 0.3) is 5.91 Å². The molecule has 14 heavy (non-hydrogen) atoms. The van der Waals surface area contributed by atoms with E-state index in [1.807, 2.05) is 20.8 Å². The molecule has 0 radical (unpaired) electrons. The average Bonchev–Trinajstić information content (AvgIpc) is 2.26. The summed E-state index contributed by atoms with van der Waals surface area (Å²) in [5.74, 6) is -0.240. The maximum absolute atomic E-state index is 11.6. The minimum absolute atomic E-state index is 0.240. The second-order valence-corrected chi connectivity index (χ2v) is 4.31. The van der Waals surface area contributed by atoms with Gasteiger partial charge in [-0.3, -0.25) is 9.48 Å². The Morgan fingerprint density at radius 3 is 2.50 bits per heavy atom. The van der Waals surface area contributed by atoms with Gasteiger partial charge in [0.05, 0.1) is 5.69 Å². The summed E-state index contributed by atoms with van der Waals surface area (Å²) < 4.78 is 1.52. The highest BCUT2D eigenvalue weighted by Crippen LogP contribution is 2.09. The highest BCUT2D eigenvalue weighted by atomic mass is 16.2. The molecule has 1 aromatic rings. The van der Waals surface area contributed by atoms with Crippen LogP contribution in [0.15, 0.2) is 6.20 Å². The lowest BCUT2D eigenvalue weighted by Crippen LogP contribution is -2.41. The number of nitrogens with two attached hydrogens (primary N) is 1. The van der Waals surface area contributed by atoms with Crippen molar-refractivity contribution < 1.29 is 4.79 Å². The van der Waals surface area contributed by atoms with Gasteiger partial charge in [0, 0.05) is 18.8 Å². The summed E-state index contributed by atoms with van der Waals surface area (Å²) in [6, 6.07) is 0. The molecule has 1 aromatic heterocycles. The second kappa shape index (κ2) is 3.32. The summed E-state index contributed by atoms with van der Waals surface area (Å²) >= 11 is 0. The van der Waals surface area contributed by atoms with Crippen LogP contribution in [0.4, 0.5) is 5.69 Å². The Morgan fingerprint density at radius 2 is 2.14 bits per heavy atom. The number of nitrogens with zero attached hydrogens (tertiary/aromatic N) is 2. The lowest BCUT2D eigenvalue weighted by Gasteiger charge is -2.19. The van der Waals surface area contributed by atoms with Crippen molar-refractivity contribution in [2.45, 2.75) is 26.3 Å². The van der Waals surface area contributed by atoms with Crippen molar-refractivity contribution in [3.05, 3.63) is 11.9 Å². The SMILES string of the molecule is Cn1cc(N)c(C(=O)NC(C)(C)C)n1. The van der Waals surface area contributed by atoms with Gasteiger partial charge >= 0.3 is 0 Å². The molecule has 0 saturated carbocycles. The smallest absolute Gasteiger partial charge is 0.274 e. The van der Waals surface area contributed by atoms with E-state index in [-0.39, 0.29) is 17.1 Å². The summed E-state index contributed by atoms with van der Waals surface area (Å²) in [5.41, 5.74) is 6.02. The van der Waals surface area contributed by atoms with Crippen LogP contribution in [0.2, 0.25) is 0 Å². The highest BCUT2D eigenvalue weighted by molar-refractivity contribution is 5.97. The normalized spacial score (nSPS) is 11.4. The predicted octanol–water partition coefficient (Wildman–Crippen LogP) is 0.531. The number of carbonyl (C=O) groups excluding carboxylic acids is 1. The molecular formula is C9H16N4O. The maximum atomic E-state index is 11.6. The number of carbonyl (C=O) groups is 1. The van der Waals surface area contributed by atoms with Crippen molar-refractivity contribution in [1.29, 1.82) is 0 Å². The summed E-state index contributed by atoms with van der Waals surface area (Å²) in [4.78, 5) is 11.6. The zero-order chi connectivity index (χ0) is 10.9. The molecule has 1 amide bonds. The highest BCUT2D eigenvalue weighted by Gasteiger charge is 2.19. The first-order valence-corrected chi connectivity index (χ1v) is 4.41. The predicted molar refractivity (Wildman–Crippen MR) is 54.8 cm³/mol. The minimum atomic E-state index is -0.277. The largest absolute Gasteiger partial charge is 0.396 e. The number of nitrogen functional groups attached to an aromatic ring is 1. The average molecular weight is 196 g/mol. The van der Waals surface area contributed by atoms with Crippen LogP contribution < -0.4 is 11.1 Å². The third-order valence-electron chi connectivity index (χ3n) is 1.56. The third kappa shape index (κ3) is 2.48. The molecule has 0 bridgehead atoms. The van der Waals surface area contributed by atoms with Crippen molar-refractivity contribution in [3.8, 4) is 0 Å². The number of nitrogens with one attached hydrogen (secondary N) is 1. The van der Waals surface area contributed by atoms with E-state index in [9.17, 15) is 4.79 Å². The number of hydrogen-bond acceptors (Lipinski definition) is 3. The zero-order valence-corrected chi connectivity index (χ0v) is 8.96. The number of aromatic nitrogens is 2. The quantitative estimate of drug-likeness (QED) is 0.688. The van der Waals surface area contributed by atoms with E-state index in [0.29, 0.717) is 5.69 Å². The molecule has 0 aliphatic carbocycles. The standard InChI is InChI=1S/C9H16N4O/c1-9(2,3)11-8(14)7-6(10)5-13(4)12-7/h5H,10H2,1-4H3,(H,11,14). The lowest BCUT2D eigenvalue weighted by atomic mass is 10.1. The first-order chi connectivity index (χ1) is 6.29. The Kier molecular flexibility index (Phi) is 2.51. The molecule has 3 N–H and O–H groups in total. The Labute approximate surface area is 83.3 Å². The summed E-state index contributed by atoms with van der Waals surface area (Å²) in [7, 11) is 1.73. The topological polar surface area (TPSA) is 72.9 Å². The minimum Gasteiger partial charge on any atom is -0.396 e. The number of rotatable bonds is 1. The summed E-state index contributed by atoms with van der Waals surface area (Å²) in [5, 5.41) is 6.77. The van der Waals surface area contributed by atoms with Crippen molar-refractivity contribution >= 4 is 11.6 Å². The fraction of sp³-hybridized carbons (Fsp3) is 0.556. The van der Waals surface area contributed by atoms with Gasteiger partial charge in [0.15, 0.2) is 5.69 Å². The van der Waals surface area contributed by atoms with E-state index in [1.54, 1.807) is 13.2 Å². The fourth-order valence-corrected chi connectivity index (χ4v) is 1.08. The Bertz CT molecular complexity index is 348. The van der Waals surface area contributed by atoms with Crippen LogP contribution in [0, 0.1) is 0 Å². The fourth-order valence-electron chi connectivity index (χ4n) is 1.08. The summed E-state index contributed by atoms with van der Waals surface area (Å²) in [6.45, 7) is 5.72. The van der Waals surface area contributed by atoms with Crippen molar-refractivity contribution in [3.63, 3.8) is 0 Å².